The molecule has 0 amide bonds. The number of Topliss-reactive ketones (excluding diaryl/α,β-unsaturated/α-hetero) is 1. The second-order valence-electron chi connectivity index (χ2n) is 3.95. The van der Waals surface area contributed by atoms with Crippen molar-refractivity contribution in [2.75, 3.05) is 0 Å². The Morgan fingerprint density at radius 2 is 2.16 bits per heavy atom. The van der Waals surface area contributed by atoms with E-state index in [1.54, 1.807) is 37.3 Å². The Labute approximate surface area is 118 Å². The van der Waals surface area contributed by atoms with Gasteiger partial charge in [0.1, 0.15) is 10.3 Å². The lowest BCUT2D eigenvalue weighted by Gasteiger charge is -2.08. The van der Waals surface area contributed by atoms with Crippen LogP contribution in [0.2, 0.25) is 0 Å². The van der Waals surface area contributed by atoms with Crippen molar-refractivity contribution in [2.45, 2.75) is 13.0 Å². The van der Waals surface area contributed by atoms with Crippen LogP contribution in [0.4, 0.5) is 0 Å². The number of carbonyl (C=O) groups is 1. The summed E-state index contributed by atoms with van der Waals surface area (Å²) in [6.07, 6.45) is 1.51. The molecule has 0 aliphatic rings. The lowest BCUT2D eigenvalue weighted by molar-refractivity contribution is 0.0956. The van der Waals surface area contributed by atoms with Crippen LogP contribution in [0.15, 0.2) is 46.3 Å². The molecule has 6 heteroatoms. The summed E-state index contributed by atoms with van der Waals surface area (Å²) in [5.41, 5.74) is 1.44. The highest BCUT2D eigenvalue weighted by Gasteiger charge is 2.24. The molecule has 0 saturated heterocycles. The Balaban J connectivity index is 2.37. The highest BCUT2D eigenvalue weighted by molar-refractivity contribution is 9.10. The van der Waals surface area contributed by atoms with E-state index in [1.807, 2.05) is 0 Å². The van der Waals surface area contributed by atoms with E-state index in [0.717, 1.165) is 0 Å². The number of hydrogen-bond acceptors (Lipinski definition) is 5. The molecule has 0 aliphatic heterocycles. The van der Waals surface area contributed by atoms with E-state index in [2.05, 4.69) is 31.1 Å². The second kappa shape index (κ2) is 5.79. The molecule has 19 heavy (non-hydrogen) atoms. The first-order valence-corrected chi connectivity index (χ1v) is 6.33. The van der Waals surface area contributed by atoms with Gasteiger partial charge in [-0.05, 0) is 52.7 Å². The van der Waals surface area contributed by atoms with Crippen LogP contribution >= 0.6 is 15.9 Å². The molecule has 96 valence electrons. The van der Waals surface area contributed by atoms with Crippen molar-refractivity contribution >= 4 is 21.7 Å². The van der Waals surface area contributed by atoms with Crippen LogP contribution in [0.3, 0.4) is 0 Å². The quantitative estimate of drug-likeness (QED) is 0.492. The molecule has 2 aromatic heterocycles. The lowest BCUT2D eigenvalue weighted by atomic mass is 10.0. The highest BCUT2D eigenvalue weighted by atomic mass is 79.9. The predicted octanol–water partition coefficient (Wildman–Crippen LogP) is 3.24. The molecule has 5 nitrogen and oxygen atoms in total. The van der Waals surface area contributed by atoms with Crippen LogP contribution < -0.4 is 0 Å². The number of hydrogen-bond donors (Lipinski definition) is 0. The fourth-order valence-corrected chi connectivity index (χ4v) is 2.05. The molecule has 2 rings (SSSR count). The second-order valence-corrected chi connectivity index (χ2v) is 4.76. The van der Waals surface area contributed by atoms with Gasteiger partial charge < -0.3 is 0 Å². The van der Waals surface area contributed by atoms with Gasteiger partial charge in [-0.15, -0.1) is 4.91 Å². The van der Waals surface area contributed by atoms with E-state index in [9.17, 15) is 9.70 Å². The molecule has 0 N–H and O–H groups in total. The van der Waals surface area contributed by atoms with E-state index in [-0.39, 0.29) is 5.69 Å². The average Bonchev–Trinajstić information content (AvgIpc) is 2.39. The van der Waals surface area contributed by atoms with Crippen molar-refractivity contribution in [1.29, 1.82) is 0 Å². The van der Waals surface area contributed by atoms with Gasteiger partial charge in [-0.1, -0.05) is 11.2 Å². The van der Waals surface area contributed by atoms with Crippen LogP contribution in [-0.4, -0.2) is 15.8 Å². The van der Waals surface area contributed by atoms with Gasteiger partial charge in [0, 0.05) is 11.9 Å². The summed E-state index contributed by atoms with van der Waals surface area (Å²) in [4.78, 5) is 31.3. The van der Waals surface area contributed by atoms with Crippen molar-refractivity contribution in [3.8, 4) is 0 Å². The van der Waals surface area contributed by atoms with Crippen molar-refractivity contribution in [1.82, 2.24) is 9.97 Å². The fourth-order valence-electron chi connectivity index (χ4n) is 1.67. The number of ketones is 1. The number of aromatic nitrogens is 2. The number of nitrogens with zero attached hydrogens (tertiary/aromatic N) is 3. The number of halogens is 1. The summed E-state index contributed by atoms with van der Waals surface area (Å²) in [7, 11) is 0. The van der Waals surface area contributed by atoms with Gasteiger partial charge >= 0.3 is 0 Å². The summed E-state index contributed by atoms with van der Waals surface area (Å²) in [5.74, 6) is -0.420. The minimum absolute atomic E-state index is 0.234. The summed E-state index contributed by atoms with van der Waals surface area (Å²) < 4.78 is 0.545. The topological polar surface area (TPSA) is 72.3 Å². The first kappa shape index (κ1) is 13.5. The van der Waals surface area contributed by atoms with Gasteiger partial charge in [-0.3, -0.25) is 4.79 Å². The molecule has 0 spiro atoms. The van der Waals surface area contributed by atoms with E-state index in [0.29, 0.717) is 15.9 Å². The van der Waals surface area contributed by atoms with Gasteiger partial charge in [-0.25, -0.2) is 9.97 Å². The molecule has 1 atom stereocenters. The number of rotatable bonds is 4. The normalized spacial score (nSPS) is 11.9. The van der Waals surface area contributed by atoms with E-state index < -0.39 is 11.8 Å². The van der Waals surface area contributed by atoms with Gasteiger partial charge in [0.15, 0.2) is 6.04 Å². The number of pyridine rings is 2. The summed E-state index contributed by atoms with van der Waals surface area (Å²) in [6, 6.07) is 7.16. The molecule has 2 aromatic rings. The maximum Gasteiger partial charge on any atom is 0.213 e. The third kappa shape index (κ3) is 3.08. The average molecular weight is 320 g/mol. The minimum Gasteiger partial charge on any atom is -0.289 e. The third-order valence-electron chi connectivity index (χ3n) is 2.56. The van der Waals surface area contributed by atoms with Crippen molar-refractivity contribution in [3.05, 3.63) is 63.0 Å². The largest absolute Gasteiger partial charge is 0.289 e. The van der Waals surface area contributed by atoms with E-state index in [4.69, 9.17) is 0 Å². The van der Waals surface area contributed by atoms with Crippen LogP contribution in [0.5, 0.6) is 0 Å². The Morgan fingerprint density at radius 3 is 2.79 bits per heavy atom. The molecule has 2 heterocycles. The molecule has 0 radical (unpaired) electrons. The van der Waals surface area contributed by atoms with Crippen LogP contribution in [0, 0.1) is 11.8 Å². The zero-order chi connectivity index (χ0) is 13.8. The molecule has 1 unspecified atom stereocenters. The van der Waals surface area contributed by atoms with Crippen molar-refractivity contribution in [3.63, 3.8) is 0 Å². The summed E-state index contributed by atoms with van der Waals surface area (Å²) >= 11 is 3.19. The lowest BCUT2D eigenvalue weighted by Crippen LogP contribution is -2.12. The molecule has 0 bridgehead atoms. The zero-order valence-corrected chi connectivity index (χ0v) is 11.7. The van der Waals surface area contributed by atoms with Crippen molar-refractivity contribution < 1.29 is 4.79 Å². The van der Waals surface area contributed by atoms with Gasteiger partial charge in [0.05, 0.1) is 0 Å². The van der Waals surface area contributed by atoms with Gasteiger partial charge in [-0.2, -0.15) is 0 Å². The Kier molecular flexibility index (Phi) is 4.11. The minimum atomic E-state index is -1.10. The first-order chi connectivity index (χ1) is 9.11. The van der Waals surface area contributed by atoms with Crippen LogP contribution in [0.25, 0.3) is 0 Å². The number of aryl methyl sites for hydroxylation is 1. The van der Waals surface area contributed by atoms with Crippen LogP contribution in [0.1, 0.15) is 27.8 Å². The molecule has 0 fully saturated rings. The number of carbonyl (C=O) groups excluding carboxylic acids is 1. The van der Waals surface area contributed by atoms with Gasteiger partial charge in [0.25, 0.3) is 0 Å². The maximum absolute atomic E-state index is 12.2. The highest BCUT2D eigenvalue weighted by Crippen LogP contribution is 2.23. The molecular weight excluding hydrogens is 310 g/mol. The Bertz CT molecular complexity index is 631. The van der Waals surface area contributed by atoms with Crippen LogP contribution in [-0.2, 0) is 0 Å². The molecule has 0 aromatic carbocycles. The van der Waals surface area contributed by atoms with E-state index >= 15 is 0 Å². The predicted molar refractivity (Wildman–Crippen MR) is 73.8 cm³/mol. The third-order valence-corrected chi connectivity index (χ3v) is 2.99. The summed E-state index contributed by atoms with van der Waals surface area (Å²) in [5, 5.41) is 2.92. The van der Waals surface area contributed by atoms with Gasteiger partial charge in [0.2, 0.25) is 5.78 Å². The molecule has 0 aliphatic carbocycles. The van der Waals surface area contributed by atoms with Crippen molar-refractivity contribution in [2.24, 2.45) is 5.18 Å². The Morgan fingerprint density at radius 1 is 1.37 bits per heavy atom. The fraction of sp³-hybridized carbons (Fsp3) is 0.154. The van der Waals surface area contributed by atoms with E-state index in [1.165, 1.54) is 6.20 Å². The Hall–Kier alpha value is -1.95. The SMILES string of the molecule is Cc1cccc(C(=O)C(N=O)c2ccnc(Br)c2)n1. The smallest absolute Gasteiger partial charge is 0.213 e. The molecule has 0 saturated carbocycles. The summed E-state index contributed by atoms with van der Waals surface area (Å²) in [6.45, 7) is 1.78. The molecular formula is C13H10BrN3O2. The maximum atomic E-state index is 12.2. The standard InChI is InChI=1S/C13H10BrN3O2/c1-8-3-2-4-10(16-8)13(18)12(17-19)9-5-6-15-11(14)7-9/h2-7,12H,1H3. The zero-order valence-electron chi connectivity index (χ0n) is 10.1. The first-order valence-electron chi connectivity index (χ1n) is 5.53. The monoisotopic (exact) mass is 319 g/mol. The number of nitroso groups, excluding NO2 is 1.